The number of pyridine rings is 1. The van der Waals surface area contributed by atoms with Crippen molar-refractivity contribution in [2.24, 2.45) is 0 Å². The molecule has 2 saturated heterocycles. The van der Waals surface area contributed by atoms with Crippen LogP contribution < -0.4 is 10.2 Å². The molecule has 1 spiro atoms. The van der Waals surface area contributed by atoms with Crippen molar-refractivity contribution in [1.29, 1.82) is 0 Å². The highest BCUT2D eigenvalue weighted by atomic mass is 16.5. The number of nitrogens with zero attached hydrogens (tertiary/aromatic N) is 3. The summed E-state index contributed by atoms with van der Waals surface area (Å²) in [4.78, 5) is 33.8. The van der Waals surface area contributed by atoms with Crippen LogP contribution in [0.5, 0.6) is 5.75 Å². The van der Waals surface area contributed by atoms with Gasteiger partial charge in [0.15, 0.2) is 5.75 Å². The normalized spacial score (nSPS) is 26.0. The van der Waals surface area contributed by atoms with Crippen LogP contribution in [0.3, 0.4) is 0 Å². The summed E-state index contributed by atoms with van der Waals surface area (Å²) in [5.74, 6) is 0.575. The summed E-state index contributed by atoms with van der Waals surface area (Å²) in [5, 5.41) is 0. The minimum absolute atomic E-state index is 0.0332. The van der Waals surface area contributed by atoms with Crippen LogP contribution in [0, 0.1) is 0 Å². The predicted molar refractivity (Wildman–Crippen MR) is 95.7 cm³/mol. The number of aromatic nitrogens is 1. The third-order valence-corrected chi connectivity index (χ3v) is 5.77. The second kappa shape index (κ2) is 7.17. The summed E-state index contributed by atoms with van der Waals surface area (Å²) < 4.78 is 5.03. The van der Waals surface area contributed by atoms with Crippen LogP contribution in [0.4, 0.5) is 0 Å². The molecular weight excluding hydrogens is 320 g/mol. The summed E-state index contributed by atoms with van der Waals surface area (Å²) in [6.45, 7) is 4.35. The van der Waals surface area contributed by atoms with E-state index >= 15 is 0 Å². The molecule has 0 radical (unpaired) electrons. The molecule has 1 aromatic rings. The summed E-state index contributed by atoms with van der Waals surface area (Å²) in [6, 6.07) is 1.62. The Bertz CT molecular complexity index is 689. The molecule has 1 aromatic heterocycles. The zero-order chi connectivity index (χ0) is 18.0. The first kappa shape index (κ1) is 17.9. The fraction of sp³-hybridized carbons (Fsp3) is 0.667. The van der Waals surface area contributed by atoms with Crippen molar-refractivity contribution < 1.29 is 9.53 Å². The van der Waals surface area contributed by atoms with Crippen LogP contribution in [0.25, 0.3) is 0 Å². The van der Waals surface area contributed by atoms with Gasteiger partial charge in [0.05, 0.1) is 7.11 Å². The quantitative estimate of drug-likeness (QED) is 0.862. The van der Waals surface area contributed by atoms with E-state index in [1.54, 1.807) is 12.3 Å². The molecule has 2 aliphatic heterocycles. The maximum Gasteiger partial charge on any atom is 0.223 e. The Kier molecular flexibility index (Phi) is 5.15. The molecule has 1 N–H and O–H groups in total. The Labute approximate surface area is 148 Å². The van der Waals surface area contributed by atoms with Gasteiger partial charge in [0.2, 0.25) is 11.3 Å². The Morgan fingerprint density at radius 2 is 2.00 bits per heavy atom. The van der Waals surface area contributed by atoms with Gasteiger partial charge >= 0.3 is 0 Å². The number of likely N-dealkylation sites (tertiary alicyclic amines) is 1. The van der Waals surface area contributed by atoms with Crippen molar-refractivity contribution in [3.8, 4) is 5.75 Å². The number of H-pyrrole nitrogens is 1. The van der Waals surface area contributed by atoms with Crippen LogP contribution in [0.1, 0.15) is 25.0 Å². The van der Waals surface area contributed by atoms with Gasteiger partial charge in [0.1, 0.15) is 0 Å². The second-order valence-corrected chi connectivity index (χ2v) is 7.31. The van der Waals surface area contributed by atoms with Gasteiger partial charge in [-0.2, -0.15) is 0 Å². The SMILES string of the molecule is COc1c[nH]c(CN2CCN(C)[C@@]3(CCC(=O)N(C)CC3)C2)cc1=O. The molecule has 0 aliphatic carbocycles. The highest BCUT2D eigenvalue weighted by molar-refractivity contribution is 5.76. The van der Waals surface area contributed by atoms with Gasteiger partial charge < -0.3 is 14.6 Å². The van der Waals surface area contributed by atoms with Gasteiger partial charge in [-0.3, -0.25) is 19.4 Å². The largest absolute Gasteiger partial charge is 0.491 e. The van der Waals surface area contributed by atoms with E-state index in [1.807, 2.05) is 11.9 Å². The summed E-state index contributed by atoms with van der Waals surface area (Å²) in [6.07, 6.45) is 4.11. The number of ether oxygens (including phenoxy) is 1. The van der Waals surface area contributed by atoms with Crippen LogP contribution in [0.15, 0.2) is 17.1 Å². The van der Waals surface area contributed by atoms with Crippen molar-refractivity contribution in [2.45, 2.75) is 31.3 Å². The minimum atomic E-state index is -0.0956. The number of piperazine rings is 1. The fourth-order valence-electron chi connectivity index (χ4n) is 3.97. The van der Waals surface area contributed by atoms with Crippen molar-refractivity contribution in [3.05, 3.63) is 28.2 Å². The lowest BCUT2D eigenvalue weighted by atomic mass is 9.86. The van der Waals surface area contributed by atoms with Gasteiger partial charge in [0, 0.05) is 69.7 Å². The zero-order valence-corrected chi connectivity index (χ0v) is 15.4. The molecule has 7 nitrogen and oxygen atoms in total. The molecule has 3 rings (SSSR count). The number of hydrogen-bond donors (Lipinski definition) is 1. The predicted octanol–water partition coefficient (Wildman–Crippen LogP) is 0.512. The molecule has 1 amide bonds. The van der Waals surface area contributed by atoms with Crippen LogP contribution in [0.2, 0.25) is 0 Å². The van der Waals surface area contributed by atoms with E-state index in [0.29, 0.717) is 18.7 Å². The van der Waals surface area contributed by atoms with E-state index in [9.17, 15) is 9.59 Å². The van der Waals surface area contributed by atoms with Crippen molar-refractivity contribution in [2.75, 3.05) is 47.4 Å². The van der Waals surface area contributed by atoms with E-state index in [0.717, 1.165) is 44.7 Å². The summed E-state index contributed by atoms with van der Waals surface area (Å²) in [7, 11) is 5.56. The number of carbonyl (C=O) groups is 1. The minimum Gasteiger partial charge on any atom is -0.491 e. The molecule has 2 fully saturated rings. The number of carbonyl (C=O) groups excluding carboxylic acids is 1. The number of rotatable bonds is 3. The molecule has 0 unspecified atom stereocenters. The van der Waals surface area contributed by atoms with E-state index in [1.165, 1.54) is 7.11 Å². The second-order valence-electron chi connectivity index (χ2n) is 7.31. The third-order valence-electron chi connectivity index (χ3n) is 5.77. The third kappa shape index (κ3) is 3.72. The lowest BCUT2D eigenvalue weighted by molar-refractivity contribution is -0.129. The number of hydrogen-bond acceptors (Lipinski definition) is 5. The number of likely N-dealkylation sites (N-methyl/N-ethyl adjacent to an activating group) is 1. The zero-order valence-electron chi connectivity index (χ0n) is 15.4. The number of aromatic amines is 1. The first-order valence-electron chi connectivity index (χ1n) is 8.87. The maximum absolute atomic E-state index is 12.1. The Hall–Kier alpha value is -1.86. The van der Waals surface area contributed by atoms with Gasteiger partial charge in [-0.25, -0.2) is 0 Å². The molecule has 0 saturated carbocycles. The molecule has 3 heterocycles. The summed E-state index contributed by atoms with van der Waals surface area (Å²) >= 11 is 0. The molecule has 7 heteroatoms. The van der Waals surface area contributed by atoms with Crippen molar-refractivity contribution in [1.82, 2.24) is 19.7 Å². The molecule has 2 aliphatic rings. The Morgan fingerprint density at radius 1 is 1.20 bits per heavy atom. The molecular formula is C18H28N4O3. The maximum atomic E-state index is 12.1. The molecule has 0 bridgehead atoms. The van der Waals surface area contributed by atoms with Crippen LogP contribution in [-0.2, 0) is 11.3 Å². The average Bonchev–Trinajstić information content (AvgIpc) is 2.73. The van der Waals surface area contributed by atoms with Crippen molar-refractivity contribution in [3.63, 3.8) is 0 Å². The average molecular weight is 348 g/mol. The number of methoxy groups -OCH3 is 1. The van der Waals surface area contributed by atoms with Gasteiger partial charge in [-0.15, -0.1) is 0 Å². The van der Waals surface area contributed by atoms with E-state index in [-0.39, 0.29) is 16.9 Å². The van der Waals surface area contributed by atoms with Crippen LogP contribution >= 0.6 is 0 Å². The highest BCUT2D eigenvalue weighted by Gasteiger charge is 2.41. The van der Waals surface area contributed by atoms with Crippen LogP contribution in [-0.4, -0.2) is 78.5 Å². The van der Waals surface area contributed by atoms with Crippen molar-refractivity contribution >= 4 is 5.91 Å². The first-order valence-corrected chi connectivity index (χ1v) is 8.87. The van der Waals surface area contributed by atoms with E-state index in [4.69, 9.17) is 4.74 Å². The first-order chi connectivity index (χ1) is 11.9. The monoisotopic (exact) mass is 348 g/mol. The number of amides is 1. The molecule has 1 atom stereocenters. The molecule has 0 aromatic carbocycles. The summed E-state index contributed by atoms with van der Waals surface area (Å²) in [5.41, 5.74) is 0.833. The van der Waals surface area contributed by atoms with Gasteiger partial charge in [0.25, 0.3) is 0 Å². The number of nitrogens with one attached hydrogen (secondary N) is 1. The van der Waals surface area contributed by atoms with Gasteiger partial charge in [-0.1, -0.05) is 0 Å². The standard InChI is InChI=1S/C18H28N4O3/c1-20-7-6-18(5-4-17(20)24)13-22(9-8-21(18)2)12-14-10-15(23)16(25-3)11-19-14/h10-11H,4-9,12-13H2,1-3H3,(H,19,23)/t18-/m1/s1. The lowest BCUT2D eigenvalue weighted by Crippen LogP contribution is -2.60. The van der Waals surface area contributed by atoms with E-state index in [2.05, 4.69) is 21.8 Å². The topological polar surface area (TPSA) is 68.9 Å². The Balaban J connectivity index is 1.73. The molecule has 25 heavy (non-hydrogen) atoms. The van der Waals surface area contributed by atoms with E-state index < -0.39 is 0 Å². The smallest absolute Gasteiger partial charge is 0.223 e. The lowest BCUT2D eigenvalue weighted by Gasteiger charge is -2.49. The van der Waals surface area contributed by atoms with Gasteiger partial charge in [-0.05, 0) is 19.9 Å². The fourth-order valence-corrected chi connectivity index (χ4v) is 3.97. The molecule has 138 valence electrons. The Morgan fingerprint density at radius 3 is 2.72 bits per heavy atom. The highest BCUT2D eigenvalue weighted by Crippen LogP contribution is 2.32.